The molecule has 0 aliphatic heterocycles. The van der Waals surface area contributed by atoms with Crippen LogP contribution in [-0.4, -0.2) is 140 Å². The van der Waals surface area contributed by atoms with Crippen molar-refractivity contribution in [2.24, 2.45) is 23.5 Å². The molecular weight excluding hydrogens is 871 g/mol. The standard InChI is InChI=1S/C42H65N9O15/c1-19(2)13-27(38(61)47-28(16-32(54)55)39(62)48-29(17-33(56)57)40(63)50-30(42(65)66)14-20(3)4)49-41(64)34(21(5)6)51-36(59)23(8)45-31(53)18-44-35(58)22(7)46-37(60)26(43)15-24-9-11-25(52)12-10-24/h9-12,19-23,26-30,34,52H,13-18,43H2,1-8H3,(H,44,58)(H,45,53)(H,46,60)(H,47,61)(H,48,62)(H,49,64)(H,50,63)(H,51,59)(H,54,55)(H,56,57)(H,65,66). The van der Waals surface area contributed by atoms with Gasteiger partial charge in [-0.2, -0.15) is 0 Å². The van der Waals surface area contributed by atoms with Crippen molar-refractivity contribution in [1.82, 2.24) is 42.5 Å². The molecule has 8 amide bonds. The molecule has 24 nitrogen and oxygen atoms in total. The van der Waals surface area contributed by atoms with E-state index in [0.29, 0.717) is 5.56 Å². The smallest absolute Gasteiger partial charge is 0.326 e. The number of aromatic hydroxyl groups is 1. The maximum Gasteiger partial charge on any atom is 0.326 e. The van der Waals surface area contributed by atoms with Gasteiger partial charge in [-0.15, -0.1) is 0 Å². The number of rotatable bonds is 28. The van der Waals surface area contributed by atoms with E-state index in [-0.39, 0.29) is 36.8 Å². The van der Waals surface area contributed by atoms with Crippen LogP contribution in [0.15, 0.2) is 24.3 Å². The first kappa shape index (κ1) is 57.2. The first-order valence-corrected chi connectivity index (χ1v) is 21.2. The largest absolute Gasteiger partial charge is 0.508 e. The molecule has 1 rings (SSSR count). The summed E-state index contributed by atoms with van der Waals surface area (Å²) in [5, 5.41) is 56.5. The summed E-state index contributed by atoms with van der Waals surface area (Å²) in [5.41, 5.74) is 6.62. The van der Waals surface area contributed by atoms with Gasteiger partial charge >= 0.3 is 17.9 Å². The fraction of sp³-hybridized carbons (Fsp3) is 0.595. The molecule has 0 saturated carbocycles. The normalized spacial score (nSPS) is 14.7. The topological polar surface area (TPSA) is 391 Å². The molecule has 0 radical (unpaired) electrons. The van der Waals surface area contributed by atoms with Crippen LogP contribution in [0.2, 0.25) is 0 Å². The Morgan fingerprint density at radius 1 is 0.515 bits per heavy atom. The lowest BCUT2D eigenvalue weighted by molar-refractivity contribution is -0.145. The molecule has 8 atom stereocenters. The van der Waals surface area contributed by atoms with E-state index >= 15 is 0 Å². The number of aliphatic carboxylic acids is 3. The zero-order chi connectivity index (χ0) is 50.6. The highest BCUT2D eigenvalue weighted by atomic mass is 16.4. The van der Waals surface area contributed by atoms with E-state index in [4.69, 9.17) is 5.73 Å². The number of carbonyl (C=O) groups is 11. The van der Waals surface area contributed by atoms with Crippen molar-refractivity contribution in [3.63, 3.8) is 0 Å². The van der Waals surface area contributed by atoms with Crippen molar-refractivity contribution < 1.29 is 73.2 Å². The fourth-order valence-corrected chi connectivity index (χ4v) is 6.10. The molecule has 0 saturated heterocycles. The summed E-state index contributed by atoms with van der Waals surface area (Å²) in [7, 11) is 0. The first-order chi connectivity index (χ1) is 30.6. The summed E-state index contributed by atoms with van der Waals surface area (Å²) in [6.45, 7) is 11.9. The predicted molar refractivity (Wildman–Crippen MR) is 234 cm³/mol. The van der Waals surface area contributed by atoms with E-state index in [1.807, 2.05) is 0 Å². The second-order valence-electron chi connectivity index (χ2n) is 17.0. The number of hydrogen-bond donors (Lipinski definition) is 13. The van der Waals surface area contributed by atoms with Crippen molar-refractivity contribution in [3.05, 3.63) is 29.8 Å². The van der Waals surface area contributed by atoms with Crippen LogP contribution in [0.5, 0.6) is 5.75 Å². The van der Waals surface area contributed by atoms with Crippen LogP contribution in [-0.2, 0) is 59.2 Å². The average molecular weight is 936 g/mol. The Morgan fingerprint density at radius 3 is 1.41 bits per heavy atom. The van der Waals surface area contributed by atoms with Crippen LogP contribution in [0, 0.1) is 17.8 Å². The van der Waals surface area contributed by atoms with E-state index in [1.54, 1.807) is 53.7 Å². The van der Waals surface area contributed by atoms with E-state index in [9.17, 15) is 73.2 Å². The number of phenols is 1. The molecule has 8 unspecified atom stereocenters. The summed E-state index contributed by atoms with van der Waals surface area (Å²) in [6.07, 6.45) is -2.08. The van der Waals surface area contributed by atoms with Crippen molar-refractivity contribution in [3.8, 4) is 5.75 Å². The van der Waals surface area contributed by atoms with Crippen LogP contribution in [0.1, 0.15) is 86.6 Å². The maximum absolute atomic E-state index is 13.7. The van der Waals surface area contributed by atoms with E-state index < -0.39 is 139 Å². The van der Waals surface area contributed by atoms with Crippen molar-refractivity contribution >= 4 is 65.2 Å². The van der Waals surface area contributed by atoms with Gasteiger partial charge in [-0.25, -0.2) is 4.79 Å². The summed E-state index contributed by atoms with van der Waals surface area (Å²) in [4.78, 5) is 140. The molecule has 1 aromatic rings. The molecule has 0 spiro atoms. The maximum atomic E-state index is 13.7. The Hall–Kier alpha value is -6.85. The average Bonchev–Trinajstić information content (AvgIpc) is 3.20. The molecule has 14 N–H and O–H groups in total. The van der Waals surface area contributed by atoms with Gasteiger partial charge in [0.05, 0.1) is 25.4 Å². The lowest BCUT2D eigenvalue weighted by atomic mass is 9.99. The van der Waals surface area contributed by atoms with Crippen LogP contribution in [0.4, 0.5) is 0 Å². The Balaban J connectivity index is 3.00. The van der Waals surface area contributed by atoms with Gasteiger partial charge in [-0.05, 0) is 68.6 Å². The summed E-state index contributed by atoms with van der Waals surface area (Å²) in [6, 6.07) is -5.36. The minimum absolute atomic E-state index is 0.0386. The van der Waals surface area contributed by atoms with Gasteiger partial charge in [0.25, 0.3) is 0 Å². The molecule has 24 heteroatoms. The van der Waals surface area contributed by atoms with Gasteiger partial charge in [0.15, 0.2) is 0 Å². The molecule has 368 valence electrons. The number of carboxylic acid groups (broad SMARTS) is 3. The summed E-state index contributed by atoms with van der Waals surface area (Å²) < 4.78 is 0. The minimum Gasteiger partial charge on any atom is -0.508 e. The lowest BCUT2D eigenvalue weighted by Gasteiger charge is -2.28. The third-order valence-electron chi connectivity index (χ3n) is 9.61. The first-order valence-electron chi connectivity index (χ1n) is 21.2. The van der Waals surface area contributed by atoms with Crippen molar-refractivity contribution in [1.29, 1.82) is 0 Å². The van der Waals surface area contributed by atoms with Crippen LogP contribution in [0.3, 0.4) is 0 Å². The van der Waals surface area contributed by atoms with Gasteiger partial charge in [-0.1, -0.05) is 53.7 Å². The molecular formula is C42H65N9O15. The molecule has 0 fully saturated rings. The van der Waals surface area contributed by atoms with Gasteiger partial charge in [-0.3, -0.25) is 47.9 Å². The van der Waals surface area contributed by atoms with Crippen LogP contribution >= 0.6 is 0 Å². The number of phenolic OH excluding ortho intramolecular Hbond substituents is 1. The number of amides is 8. The Labute approximate surface area is 381 Å². The van der Waals surface area contributed by atoms with E-state index in [2.05, 4.69) is 42.5 Å². The molecule has 1 aromatic carbocycles. The second kappa shape index (κ2) is 27.5. The Morgan fingerprint density at radius 2 is 0.955 bits per heavy atom. The number of hydrogen-bond acceptors (Lipinski definition) is 13. The number of nitrogens with two attached hydrogens (primary N) is 1. The zero-order valence-electron chi connectivity index (χ0n) is 38.3. The number of carbonyl (C=O) groups excluding carboxylic acids is 8. The minimum atomic E-state index is -1.92. The number of benzene rings is 1. The summed E-state index contributed by atoms with van der Waals surface area (Å²) in [5.74, 6) is -13.1. The van der Waals surface area contributed by atoms with Gasteiger partial charge in [0.2, 0.25) is 47.3 Å². The van der Waals surface area contributed by atoms with E-state index in [0.717, 1.165) is 0 Å². The fourth-order valence-electron chi connectivity index (χ4n) is 6.10. The van der Waals surface area contributed by atoms with Gasteiger partial charge in [0.1, 0.15) is 48.0 Å². The van der Waals surface area contributed by atoms with E-state index in [1.165, 1.54) is 26.0 Å². The van der Waals surface area contributed by atoms with Gasteiger partial charge in [0, 0.05) is 0 Å². The SMILES string of the molecule is CC(C)CC(NC(=O)C(CC(=O)O)NC(=O)C(CC(=O)O)NC(=O)C(CC(C)C)NC(=O)C(NC(=O)C(C)NC(=O)CNC(=O)C(C)NC(=O)C(N)Cc1ccc(O)cc1)C(C)C)C(=O)O. The predicted octanol–water partition coefficient (Wildman–Crippen LogP) is -2.41. The van der Waals surface area contributed by atoms with Crippen molar-refractivity contribution in [2.75, 3.05) is 6.54 Å². The molecule has 0 aliphatic carbocycles. The Bertz CT molecular complexity index is 1910. The second-order valence-corrected chi connectivity index (χ2v) is 17.0. The highest BCUT2D eigenvalue weighted by Crippen LogP contribution is 2.12. The molecule has 0 heterocycles. The monoisotopic (exact) mass is 935 g/mol. The summed E-state index contributed by atoms with van der Waals surface area (Å²) >= 11 is 0. The molecule has 66 heavy (non-hydrogen) atoms. The quantitative estimate of drug-likeness (QED) is 0.0416. The molecule has 0 bridgehead atoms. The van der Waals surface area contributed by atoms with Crippen molar-refractivity contribution in [2.45, 2.75) is 136 Å². The third-order valence-corrected chi connectivity index (χ3v) is 9.61. The highest BCUT2D eigenvalue weighted by Gasteiger charge is 2.35. The van der Waals surface area contributed by atoms with Crippen LogP contribution in [0.25, 0.3) is 0 Å². The molecule has 0 aliphatic rings. The zero-order valence-corrected chi connectivity index (χ0v) is 38.3. The lowest BCUT2D eigenvalue weighted by Crippen LogP contribution is -2.60. The molecule has 0 aromatic heterocycles. The van der Waals surface area contributed by atoms with Crippen LogP contribution < -0.4 is 48.3 Å². The van der Waals surface area contributed by atoms with Gasteiger partial charge < -0.3 is 68.7 Å². The third kappa shape index (κ3) is 21.2. The number of nitrogens with one attached hydrogen (secondary N) is 8. The number of carboxylic acids is 3. The highest BCUT2D eigenvalue weighted by molar-refractivity contribution is 5.99. The Kier molecular flexibility index (Phi) is 23.8.